The van der Waals surface area contributed by atoms with Crippen LogP contribution in [0.1, 0.15) is 25.8 Å². The van der Waals surface area contributed by atoms with Gasteiger partial charge in [-0.15, -0.1) is 5.10 Å². The van der Waals surface area contributed by atoms with Crippen molar-refractivity contribution < 1.29 is 0 Å². The first-order valence-corrected chi connectivity index (χ1v) is 6.00. The van der Waals surface area contributed by atoms with Gasteiger partial charge in [0.15, 0.2) is 5.82 Å². The highest BCUT2D eigenvalue weighted by Crippen LogP contribution is 2.28. The fourth-order valence-electron chi connectivity index (χ4n) is 2.29. The van der Waals surface area contributed by atoms with Crippen molar-refractivity contribution in [1.82, 2.24) is 10.2 Å². The molecule has 3 N–H and O–H groups in total. The van der Waals surface area contributed by atoms with Crippen molar-refractivity contribution in [3.05, 3.63) is 17.8 Å². The number of aromatic nitrogens is 2. The predicted molar refractivity (Wildman–Crippen MR) is 68.2 cm³/mol. The van der Waals surface area contributed by atoms with E-state index in [1.807, 2.05) is 0 Å². The Balaban J connectivity index is 2.21. The molecule has 0 bridgehead atoms. The molecule has 0 aliphatic carbocycles. The fourth-order valence-corrected chi connectivity index (χ4v) is 2.29. The van der Waals surface area contributed by atoms with E-state index in [0.29, 0.717) is 17.4 Å². The van der Waals surface area contributed by atoms with Gasteiger partial charge in [-0.25, -0.2) is 0 Å². The number of rotatable bonds is 3. The summed E-state index contributed by atoms with van der Waals surface area (Å²) in [5, 5.41) is 15.6. The molecule has 1 saturated heterocycles. The molecule has 0 aromatic carbocycles. The number of hydrogen-bond donors (Lipinski definition) is 2. The molecule has 17 heavy (non-hydrogen) atoms. The smallest absolute Gasteiger partial charge is 0.162 e. The molecule has 5 heteroatoms. The maximum absolute atomic E-state index is 7.56. The van der Waals surface area contributed by atoms with Gasteiger partial charge in [-0.2, -0.15) is 5.10 Å². The molecule has 1 fully saturated rings. The summed E-state index contributed by atoms with van der Waals surface area (Å²) in [6, 6.07) is 1.76. The van der Waals surface area contributed by atoms with Crippen LogP contribution in [0, 0.1) is 17.2 Å². The molecule has 2 heterocycles. The van der Waals surface area contributed by atoms with E-state index in [0.717, 1.165) is 18.9 Å². The summed E-state index contributed by atoms with van der Waals surface area (Å²) < 4.78 is 0. The number of nitrogens with one attached hydrogen (secondary N) is 1. The first-order valence-electron chi connectivity index (χ1n) is 6.00. The molecule has 0 radical (unpaired) electrons. The Morgan fingerprint density at radius 1 is 1.59 bits per heavy atom. The number of anilines is 1. The average molecular weight is 233 g/mol. The number of amidine groups is 1. The third-order valence-corrected chi connectivity index (χ3v) is 3.46. The molecular weight excluding hydrogens is 214 g/mol. The number of nitrogens with two attached hydrogens (primary N) is 1. The molecule has 1 aromatic rings. The Labute approximate surface area is 102 Å². The molecule has 1 atom stereocenters. The molecule has 92 valence electrons. The van der Waals surface area contributed by atoms with Crippen LogP contribution in [0.3, 0.4) is 0 Å². The van der Waals surface area contributed by atoms with E-state index >= 15 is 0 Å². The predicted octanol–water partition coefficient (Wildman–Crippen LogP) is 1.24. The van der Waals surface area contributed by atoms with Crippen LogP contribution in [0.15, 0.2) is 12.3 Å². The minimum Gasteiger partial charge on any atom is -0.384 e. The monoisotopic (exact) mass is 233 g/mol. The van der Waals surface area contributed by atoms with Gasteiger partial charge in [-0.1, -0.05) is 13.8 Å². The van der Waals surface area contributed by atoms with Gasteiger partial charge in [0.05, 0.1) is 11.8 Å². The van der Waals surface area contributed by atoms with Crippen LogP contribution in [-0.2, 0) is 0 Å². The van der Waals surface area contributed by atoms with Gasteiger partial charge in [0, 0.05) is 13.1 Å². The van der Waals surface area contributed by atoms with Crippen LogP contribution in [-0.4, -0.2) is 29.1 Å². The van der Waals surface area contributed by atoms with Gasteiger partial charge >= 0.3 is 0 Å². The maximum Gasteiger partial charge on any atom is 0.162 e. The second-order valence-electron chi connectivity index (χ2n) is 4.92. The van der Waals surface area contributed by atoms with Gasteiger partial charge in [-0.05, 0) is 24.3 Å². The van der Waals surface area contributed by atoms with Gasteiger partial charge in [-0.3, -0.25) is 5.41 Å². The van der Waals surface area contributed by atoms with Crippen LogP contribution < -0.4 is 10.6 Å². The molecule has 2 rings (SSSR count). The Kier molecular flexibility index (Phi) is 3.26. The molecule has 0 spiro atoms. The fraction of sp³-hybridized carbons (Fsp3) is 0.583. The van der Waals surface area contributed by atoms with Crippen LogP contribution in [0.5, 0.6) is 0 Å². The van der Waals surface area contributed by atoms with Crippen LogP contribution in [0.4, 0.5) is 5.82 Å². The summed E-state index contributed by atoms with van der Waals surface area (Å²) in [6.07, 6.45) is 2.75. The van der Waals surface area contributed by atoms with Crippen molar-refractivity contribution in [1.29, 1.82) is 5.41 Å². The highest BCUT2D eigenvalue weighted by molar-refractivity contribution is 5.99. The highest BCUT2D eigenvalue weighted by Gasteiger charge is 2.27. The summed E-state index contributed by atoms with van der Waals surface area (Å²) in [6.45, 7) is 6.45. The minimum atomic E-state index is 0.0582. The molecular formula is C12H19N5. The average Bonchev–Trinajstić information content (AvgIpc) is 2.78. The Morgan fingerprint density at radius 2 is 2.35 bits per heavy atom. The standard InChI is InChI=1S/C12H19N5/c1-8(2)9-4-6-17(7-9)12-10(11(13)14)3-5-15-16-12/h3,5,8-9H,4,6-7H2,1-2H3,(H3,13,14). The lowest BCUT2D eigenvalue weighted by atomic mass is 9.95. The van der Waals surface area contributed by atoms with E-state index in [1.165, 1.54) is 6.42 Å². The lowest BCUT2D eigenvalue weighted by molar-refractivity contribution is 0.422. The summed E-state index contributed by atoms with van der Waals surface area (Å²) in [4.78, 5) is 2.19. The van der Waals surface area contributed by atoms with E-state index < -0.39 is 0 Å². The zero-order valence-corrected chi connectivity index (χ0v) is 10.3. The third kappa shape index (κ3) is 2.38. The molecule has 5 nitrogen and oxygen atoms in total. The Morgan fingerprint density at radius 3 is 2.94 bits per heavy atom. The van der Waals surface area contributed by atoms with Gasteiger partial charge in [0.1, 0.15) is 5.84 Å². The summed E-state index contributed by atoms with van der Waals surface area (Å²) in [5.74, 6) is 2.18. The molecule has 1 unspecified atom stereocenters. The van der Waals surface area contributed by atoms with E-state index in [2.05, 4.69) is 28.9 Å². The largest absolute Gasteiger partial charge is 0.384 e. The van der Waals surface area contributed by atoms with Crippen molar-refractivity contribution in [2.45, 2.75) is 20.3 Å². The van der Waals surface area contributed by atoms with Crippen molar-refractivity contribution in [2.75, 3.05) is 18.0 Å². The summed E-state index contributed by atoms with van der Waals surface area (Å²) in [5.41, 5.74) is 6.25. The lowest BCUT2D eigenvalue weighted by Gasteiger charge is -2.20. The normalized spacial score (nSPS) is 19.9. The number of nitrogen functional groups attached to an aromatic ring is 1. The molecule has 1 aromatic heterocycles. The van der Waals surface area contributed by atoms with Crippen LogP contribution in [0.25, 0.3) is 0 Å². The second kappa shape index (κ2) is 4.69. The summed E-state index contributed by atoms with van der Waals surface area (Å²) >= 11 is 0. The van der Waals surface area contributed by atoms with Crippen molar-refractivity contribution in [3.8, 4) is 0 Å². The molecule has 0 saturated carbocycles. The van der Waals surface area contributed by atoms with Gasteiger partial charge < -0.3 is 10.6 Å². The Bertz CT molecular complexity index is 415. The van der Waals surface area contributed by atoms with Crippen molar-refractivity contribution in [3.63, 3.8) is 0 Å². The highest BCUT2D eigenvalue weighted by atomic mass is 15.3. The van der Waals surface area contributed by atoms with Gasteiger partial charge in [0.2, 0.25) is 0 Å². The van der Waals surface area contributed by atoms with Crippen molar-refractivity contribution in [2.24, 2.45) is 17.6 Å². The number of hydrogen-bond acceptors (Lipinski definition) is 4. The van der Waals surface area contributed by atoms with E-state index in [-0.39, 0.29) is 5.84 Å². The maximum atomic E-state index is 7.56. The minimum absolute atomic E-state index is 0.0582. The van der Waals surface area contributed by atoms with Crippen LogP contribution >= 0.6 is 0 Å². The first kappa shape index (κ1) is 11.8. The zero-order chi connectivity index (χ0) is 12.4. The topological polar surface area (TPSA) is 78.9 Å². The van der Waals surface area contributed by atoms with E-state index in [1.54, 1.807) is 12.3 Å². The molecule has 1 aliphatic heterocycles. The Hall–Kier alpha value is -1.65. The second-order valence-corrected chi connectivity index (χ2v) is 4.92. The van der Waals surface area contributed by atoms with Gasteiger partial charge in [0.25, 0.3) is 0 Å². The van der Waals surface area contributed by atoms with Crippen LogP contribution in [0.2, 0.25) is 0 Å². The van der Waals surface area contributed by atoms with E-state index in [4.69, 9.17) is 11.1 Å². The molecule has 0 amide bonds. The number of nitrogens with zero attached hydrogens (tertiary/aromatic N) is 3. The SMILES string of the molecule is CC(C)C1CCN(c2nnccc2C(=N)N)C1. The zero-order valence-electron chi connectivity index (χ0n) is 10.3. The first-order chi connectivity index (χ1) is 8.09. The van der Waals surface area contributed by atoms with Crippen molar-refractivity contribution >= 4 is 11.7 Å². The van der Waals surface area contributed by atoms with E-state index in [9.17, 15) is 0 Å². The lowest BCUT2D eigenvalue weighted by Crippen LogP contribution is -2.26. The third-order valence-electron chi connectivity index (χ3n) is 3.46. The summed E-state index contributed by atoms with van der Waals surface area (Å²) in [7, 11) is 0. The molecule has 1 aliphatic rings. The quantitative estimate of drug-likeness (QED) is 0.608.